The quantitative estimate of drug-likeness (QED) is 0.0333. The number of hydrogen-bond donors (Lipinski definition) is 7. The van der Waals surface area contributed by atoms with Crippen molar-refractivity contribution in [2.24, 2.45) is 44.2 Å². The van der Waals surface area contributed by atoms with Crippen LogP contribution in [0.2, 0.25) is 0 Å². The molecule has 9 N–H and O–H groups in total. The molecule has 3 fully saturated rings. The Morgan fingerprint density at radius 3 is 1.13 bits per heavy atom. The van der Waals surface area contributed by atoms with E-state index in [1.54, 1.807) is 66.4 Å². The highest BCUT2D eigenvalue weighted by Crippen LogP contribution is 2.42. The Bertz CT molecular complexity index is 5000. The molecule has 3 saturated carbocycles. The molecule has 111 heavy (non-hydrogen) atoms. The van der Waals surface area contributed by atoms with Gasteiger partial charge in [-0.1, -0.05) is 109 Å². The molecule has 3 unspecified atom stereocenters. The van der Waals surface area contributed by atoms with Crippen LogP contribution in [-0.4, -0.2) is 104 Å². The van der Waals surface area contributed by atoms with Gasteiger partial charge in [0.25, 0.3) is 11.8 Å². The summed E-state index contributed by atoms with van der Waals surface area (Å²) in [6, 6.07) is 63.2. The number of amides is 4. The fourth-order valence-corrected chi connectivity index (χ4v) is 13.5. The van der Waals surface area contributed by atoms with Crippen LogP contribution in [0.25, 0.3) is 33.4 Å². The first-order valence-electron chi connectivity index (χ1n) is 37.9. The van der Waals surface area contributed by atoms with Gasteiger partial charge in [-0.2, -0.15) is 0 Å². The first-order valence-corrected chi connectivity index (χ1v) is 37.9. The fraction of sp³-hybridized carbons (Fsp3) is 0.319. The number of carboxylic acids is 1. The molecule has 20 heteroatoms. The van der Waals surface area contributed by atoms with E-state index in [4.69, 9.17) is 50.2 Å². The van der Waals surface area contributed by atoms with Crippen LogP contribution in [0.5, 0.6) is 17.2 Å². The molecule has 3 aliphatic heterocycles. The van der Waals surface area contributed by atoms with Crippen molar-refractivity contribution in [2.45, 2.75) is 129 Å². The van der Waals surface area contributed by atoms with Crippen LogP contribution < -0.4 is 46.9 Å². The number of hydrogen-bond acceptors (Lipinski definition) is 15. The van der Waals surface area contributed by atoms with Crippen LogP contribution in [0, 0.1) is 17.8 Å². The number of aromatic carboxylic acids is 1. The van der Waals surface area contributed by atoms with E-state index in [0.717, 1.165) is 81.2 Å². The fourth-order valence-electron chi connectivity index (χ4n) is 13.5. The number of carboxylic acid groups (broad SMARTS) is 1. The summed E-state index contributed by atoms with van der Waals surface area (Å²) >= 11 is 0. The number of benzene rings is 9. The zero-order chi connectivity index (χ0) is 78.5. The zero-order valence-electron chi connectivity index (χ0n) is 64.5. The Labute approximate surface area is 649 Å². The summed E-state index contributed by atoms with van der Waals surface area (Å²) < 4.78 is 26.3. The lowest BCUT2D eigenvalue weighted by Gasteiger charge is -2.23. The van der Waals surface area contributed by atoms with Crippen molar-refractivity contribution in [3.63, 3.8) is 0 Å². The van der Waals surface area contributed by atoms with Crippen molar-refractivity contribution in [1.82, 2.24) is 21.3 Å². The first-order chi connectivity index (χ1) is 53.4. The van der Waals surface area contributed by atoms with Crippen LogP contribution in [0.1, 0.15) is 179 Å². The molecule has 3 atom stereocenters. The Balaban J connectivity index is 0.000000143. The van der Waals surface area contributed by atoms with Gasteiger partial charge in [-0.15, -0.1) is 0 Å². The third-order valence-electron chi connectivity index (χ3n) is 19.7. The molecular weight excluding hydrogens is 1400 g/mol. The van der Waals surface area contributed by atoms with Gasteiger partial charge in [0.2, 0.25) is 0 Å². The van der Waals surface area contributed by atoms with Crippen molar-refractivity contribution < 1.29 is 52.8 Å². The maximum absolute atomic E-state index is 13.5. The van der Waals surface area contributed by atoms with Crippen molar-refractivity contribution >= 4 is 47.1 Å². The highest BCUT2D eigenvalue weighted by Gasteiger charge is 2.35. The number of nitrogens with two attached hydrogens (primary N) is 2. The van der Waals surface area contributed by atoms with Crippen molar-refractivity contribution in [1.29, 1.82) is 0 Å². The molecule has 9 aromatic rings. The molecule has 20 nitrogen and oxygen atoms in total. The molecule has 4 amide bonds. The minimum atomic E-state index is -0.891. The minimum Gasteiger partial charge on any atom is -0.497 e. The predicted molar refractivity (Wildman–Crippen MR) is 435 cm³/mol. The number of fused-ring (bicyclic) bond motifs is 3. The van der Waals surface area contributed by atoms with Crippen molar-refractivity contribution in [3.05, 3.63) is 267 Å². The van der Waals surface area contributed by atoms with E-state index in [-0.39, 0.29) is 30.4 Å². The molecule has 3 heterocycles. The second-order valence-electron chi connectivity index (χ2n) is 30.6. The van der Waals surface area contributed by atoms with Gasteiger partial charge in [-0.3, -0.25) is 24.6 Å². The maximum Gasteiger partial charge on any atom is 0.407 e. The zero-order valence-corrected chi connectivity index (χ0v) is 64.5. The van der Waals surface area contributed by atoms with Gasteiger partial charge in [0.1, 0.15) is 28.5 Å². The number of ether oxygens (including phenoxy) is 5. The van der Waals surface area contributed by atoms with Crippen LogP contribution in [0.15, 0.2) is 215 Å². The van der Waals surface area contributed by atoms with E-state index in [0.29, 0.717) is 53.3 Å². The molecule has 0 saturated heterocycles. The molecule has 0 spiro atoms. The highest BCUT2D eigenvalue weighted by molar-refractivity contribution is 6.09. The first kappa shape index (κ1) is 78.8. The largest absolute Gasteiger partial charge is 0.497 e. The average molecular weight is 1490 g/mol. The number of methoxy groups -OCH3 is 3. The van der Waals surface area contributed by atoms with Crippen LogP contribution in [0.4, 0.5) is 9.59 Å². The van der Waals surface area contributed by atoms with Gasteiger partial charge in [-0.05, 0) is 238 Å². The lowest BCUT2D eigenvalue weighted by Crippen LogP contribution is -2.40. The Morgan fingerprint density at radius 2 is 0.757 bits per heavy atom. The standard InChI is InChI=1S/C32H35N3O4.C27H27N3O2.C18H15NO2.C14H22N2O3/c1-32(2,3)39-31(37)34-19-28(23-8-6-10-26(16-23)38-4)35-30(36)24-9-5-7-21(15-24)22-13-14-25-18-33-29(20-11-12-20)27(25)17-22;1-32-23-7-3-5-20(13-23)25(15-28)30-27(31)21-6-2-4-18(12-21)19-10-11-22-16-29-26(17-8-9-17)24(22)14-19;20-18(21)14-3-1-2-12(8-14)13-6-7-15-10-19-17(11-4-5-11)16(15)9-13;1-14(2,3)19-13(17)16-9-12(15)10-6-5-7-11(8-10)18-4/h5-10,13-17,20,28H,11-12,18-19H2,1-4H3,(H,34,37)(H,35,36);2-7,10-14,17,25H,8-9,15-16,28H2,1H3,(H,30,31);1-3,6-9,11H,4-5,10H2,(H,20,21);5-8,12H,9,15H2,1-4H3,(H,16,17). The topological polar surface area (TPSA) is 289 Å². The molecular formula is C91H99N9O11. The number of carbonyl (C=O) groups is 5. The summed E-state index contributed by atoms with van der Waals surface area (Å²) in [6.07, 6.45) is 6.41. The Kier molecular flexibility index (Phi) is 25.1. The van der Waals surface area contributed by atoms with Gasteiger partial charge in [0.05, 0.1) is 58.6 Å². The third kappa shape index (κ3) is 21.2. The van der Waals surface area contributed by atoms with Crippen LogP contribution in [-0.2, 0) is 29.1 Å². The molecule has 9 aromatic carbocycles. The smallest absolute Gasteiger partial charge is 0.407 e. The van der Waals surface area contributed by atoms with Gasteiger partial charge >= 0.3 is 18.2 Å². The van der Waals surface area contributed by atoms with Gasteiger partial charge in [0, 0.05) is 88.4 Å². The van der Waals surface area contributed by atoms with E-state index in [9.17, 15) is 24.0 Å². The summed E-state index contributed by atoms with van der Waals surface area (Å²) in [4.78, 5) is 75.7. The Hall–Kier alpha value is -11.7. The average Bonchev–Trinajstić information content (AvgIpc) is 1.65. The molecule has 6 aliphatic rings. The van der Waals surface area contributed by atoms with Gasteiger partial charge in [-0.25, -0.2) is 14.4 Å². The number of carbonyl (C=O) groups excluding carboxylic acids is 4. The predicted octanol–water partition coefficient (Wildman–Crippen LogP) is 16.6. The molecule has 0 bridgehead atoms. The van der Waals surface area contributed by atoms with Crippen molar-refractivity contribution in [2.75, 3.05) is 41.0 Å². The summed E-state index contributed by atoms with van der Waals surface area (Å²) in [7, 11) is 4.82. The number of aliphatic imine (C=N–C) groups is 3. The maximum atomic E-state index is 13.5. The summed E-state index contributed by atoms with van der Waals surface area (Å²) in [6.45, 7) is 14.0. The molecule has 15 rings (SSSR count). The van der Waals surface area contributed by atoms with Gasteiger partial charge in [0.15, 0.2) is 0 Å². The number of nitrogens with one attached hydrogen (secondary N) is 4. The second-order valence-corrected chi connectivity index (χ2v) is 30.6. The summed E-state index contributed by atoms with van der Waals surface area (Å²) in [5.74, 6) is 2.74. The lowest BCUT2D eigenvalue weighted by molar-refractivity contribution is 0.0511. The van der Waals surface area contributed by atoms with E-state index in [1.807, 2.05) is 142 Å². The third-order valence-corrected chi connectivity index (χ3v) is 19.7. The molecule has 3 aliphatic carbocycles. The van der Waals surface area contributed by atoms with Crippen LogP contribution in [0.3, 0.4) is 0 Å². The monoisotopic (exact) mass is 1490 g/mol. The van der Waals surface area contributed by atoms with E-state index in [2.05, 4.69) is 80.9 Å². The van der Waals surface area contributed by atoms with Crippen molar-refractivity contribution in [3.8, 4) is 50.6 Å². The minimum absolute atomic E-state index is 0.147. The number of rotatable bonds is 22. The van der Waals surface area contributed by atoms with Gasteiger partial charge < -0.3 is 61.5 Å². The lowest BCUT2D eigenvalue weighted by atomic mass is 9.95. The number of alkyl carbamates (subject to hydrolysis) is 2. The molecule has 0 radical (unpaired) electrons. The summed E-state index contributed by atoms with van der Waals surface area (Å²) in [5.41, 5.74) is 32.5. The highest BCUT2D eigenvalue weighted by atomic mass is 16.6. The van der Waals surface area contributed by atoms with E-state index >= 15 is 0 Å². The Morgan fingerprint density at radius 1 is 0.423 bits per heavy atom. The van der Waals surface area contributed by atoms with Crippen LogP contribution >= 0.6 is 0 Å². The molecule has 0 aromatic heterocycles. The number of nitrogens with zero attached hydrogens (tertiary/aromatic N) is 3. The second kappa shape index (κ2) is 35.3. The normalized spacial score (nSPS) is 15.1. The molecule has 574 valence electrons. The summed E-state index contributed by atoms with van der Waals surface area (Å²) in [5, 5.41) is 20.7. The van der Waals surface area contributed by atoms with E-state index < -0.39 is 35.4 Å². The SMILES string of the molecule is COc1cccc(C(CN)NC(=O)c2cccc(-c3ccc4c(c3)C(C3CC3)=NC4)c2)c1.COc1cccc(C(CNC(=O)OC(C)(C)C)NC(=O)c2cccc(-c3ccc4c(c3)C(C3CC3)=NC4)c2)c1.COc1cccc(C(N)CNC(=O)OC(C)(C)C)c1.O=C(O)c1cccc(-c2ccc3c(c2)C(C2CC2)=NC3)c1. The van der Waals surface area contributed by atoms with E-state index in [1.165, 1.54) is 89.0 Å².